The van der Waals surface area contributed by atoms with E-state index in [1.165, 1.54) is 44.6 Å². The van der Waals surface area contributed by atoms with Crippen LogP contribution < -0.4 is 4.57 Å². The quantitative estimate of drug-likeness (QED) is 0.0971. The Morgan fingerprint density at radius 3 is 1.00 bits per heavy atom. The lowest BCUT2D eigenvalue weighted by Gasteiger charge is -2.18. The highest BCUT2D eigenvalue weighted by Gasteiger charge is 2.31. The fourth-order valence-corrected chi connectivity index (χ4v) is 5.97. The third kappa shape index (κ3) is 7.61. The summed E-state index contributed by atoms with van der Waals surface area (Å²) < 4.78 is 41.5. The second kappa shape index (κ2) is 14.3. The Morgan fingerprint density at radius 2 is 0.667 bits per heavy atom. The molecular weight excluding hydrogens is 605 g/mol. The van der Waals surface area contributed by atoms with E-state index in [0.29, 0.717) is 0 Å². The minimum Gasteiger partial charge on any atom is -0.418 e. The Hall–Kier alpha value is -5.75. The Morgan fingerprint density at radius 1 is 0.375 bits per heavy atom. The summed E-state index contributed by atoms with van der Waals surface area (Å²) in [4.78, 5) is 0. The molecule has 1 nitrogen and oxygen atoms in total. The van der Waals surface area contributed by atoms with E-state index >= 15 is 0 Å². The second-order valence-electron chi connectivity index (χ2n) is 11.4. The van der Waals surface area contributed by atoms with Gasteiger partial charge in [-0.25, -0.2) is 0 Å². The largest absolute Gasteiger partial charge is 0.673 e. The molecule has 6 aromatic carbocycles. The van der Waals surface area contributed by atoms with Crippen molar-refractivity contribution in [3.63, 3.8) is 0 Å². The zero-order chi connectivity index (χ0) is 33.5. The smallest absolute Gasteiger partial charge is 0.418 e. The Bertz CT molecular complexity index is 1970. The molecule has 0 aliphatic carbocycles. The molecular formula is C42H32BF4N. The monoisotopic (exact) mass is 637 g/mol. The lowest BCUT2D eigenvalue weighted by Crippen LogP contribution is -2.38. The number of pyridine rings is 1. The van der Waals surface area contributed by atoms with Crippen LogP contribution in [0, 0.1) is 6.92 Å². The highest BCUT2D eigenvalue weighted by atomic mass is 19.5. The molecule has 0 aliphatic rings. The van der Waals surface area contributed by atoms with Gasteiger partial charge in [-0.15, -0.1) is 0 Å². The summed E-state index contributed by atoms with van der Waals surface area (Å²) >= 11 is 0. The maximum atomic E-state index is 9.75. The molecule has 0 fully saturated rings. The second-order valence-corrected chi connectivity index (χ2v) is 11.4. The van der Waals surface area contributed by atoms with E-state index in [4.69, 9.17) is 0 Å². The van der Waals surface area contributed by atoms with E-state index in [1.54, 1.807) is 0 Å². The first-order valence-corrected chi connectivity index (χ1v) is 15.7. The number of aryl methyl sites for hydroxylation is 1. The van der Waals surface area contributed by atoms with Crippen LogP contribution in [0.3, 0.4) is 0 Å². The number of rotatable bonds is 6. The molecule has 0 N–H and O–H groups in total. The third-order valence-electron chi connectivity index (χ3n) is 7.96. The van der Waals surface area contributed by atoms with Gasteiger partial charge < -0.3 is 17.3 Å². The lowest BCUT2D eigenvalue weighted by molar-refractivity contribution is -0.570. The summed E-state index contributed by atoms with van der Waals surface area (Å²) in [5.41, 5.74) is 14.2. The normalized spacial score (nSPS) is 11.0. The Kier molecular flexibility index (Phi) is 9.63. The van der Waals surface area contributed by atoms with Crippen molar-refractivity contribution in [3.05, 3.63) is 181 Å². The van der Waals surface area contributed by atoms with Gasteiger partial charge in [-0.1, -0.05) is 127 Å². The maximum Gasteiger partial charge on any atom is 0.673 e. The number of benzene rings is 6. The molecule has 0 saturated heterocycles. The van der Waals surface area contributed by atoms with Crippen molar-refractivity contribution in [1.82, 2.24) is 0 Å². The fraction of sp³-hybridized carbons (Fsp3) is 0.0238. The first-order valence-electron chi connectivity index (χ1n) is 15.7. The molecule has 0 unspecified atom stereocenters. The van der Waals surface area contributed by atoms with E-state index in [9.17, 15) is 17.3 Å². The average Bonchev–Trinajstić information content (AvgIpc) is 3.12. The number of hydrogen-bond acceptors (Lipinski definition) is 0. The minimum atomic E-state index is -6.00. The van der Waals surface area contributed by atoms with Crippen LogP contribution in [0.4, 0.5) is 17.3 Å². The van der Waals surface area contributed by atoms with E-state index in [0.717, 1.165) is 22.5 Å². The molecule has 48 heavy (non-hydrogen) atoms. The third-order valence-corrected chi connectivity index (χ3v) is 7.96. The molecule has 6 heteroatoms. The van der Waals surface area contributed by atoms with Gasteiger partial charge in [0.2, 0.25) is 17.1 Å². The van der Waals surface area contributed by atoms with Gasteiger partial charge in [0.1, 0.15) is 0 Å². The molecule has 7 rings (SSSR count). The van der Waals surface area contributed by atoms with E-state index in [2.05, 4.69) is 187 Å². The topological polar surface area (TPSA) is 3.88 Å². The molecule has 1 aromatic heterocycles. The van der Waals surface area contributed by atoms with Gasteiger partial charge in [-0.05, 0) is 71.1 Å². The zero-order valence-electron chi connectivity index (χ0n) is 26.3. The van der Waals surface area contributed by atoms with Gasteiger partial charge in [0.05, 0.1) is 11.1 Å². The fourth-order valence-electron chi connectivity index (χ4n) is 5.97. The predicted molar refractivity (Wildman–Crippen MR) is 190 cm³/mol. The molecule has 0 spiro atoms. The van der Waals surface area contributed by atoms with Crippen LogP contribution in [-0.4, -0.2) is 7.25 Å². The van der Waals surface area contributed by atoms with E-state index in [1.807, 2.05) is 0 Å². The molecule has 0 atom stereocenters. The molecule has 0 radical (unpaired) electrons. The molecule has 0 saturated carbocycles. The molecule has 7 aromatic rings. The van der Waals surface area contributed by atoms with Gasteiger partial charge in [-0.3, -0.25) is 0 Å². The van der Waals surface area contributed by atoms with Gasteiger partial charge in [0.25, 0.3) is 0 Å². The summed E-state index contributed by atoms with van der Waals surface area (Å²) in [6, 6.07) is 63.2. The van der Waals surface area contributed by atoms with Crippen molar-refractivity contribution in [1.29, 1.82) is 0 Å². The minimum absolute atomic E-state index is 1.14. The molecule has 1 heterocycles. The maximum absolute atomic E-state index is 9.75. The number of nitrogens with zero attached hydrogens (tertiary/aromatic N) is 1. The van der Waals surface area contributed by atoms with Crippen LogP contribution >= 0.6 is 0 Å². The number of halogens is 4. The van der Waals surface area contributed by atoms with Crippen LogP contribution in [0.2, 0.25) is 0 Å². The van der Waals surface area contributed by atoms with E-state index in [-0.39, 0.29) is 0 Å². The Labute approximate surface area is 278 Å². The number of aromatic nitrogens is 1. The average molecular weight is 638 g/mol. The first-order chi connectivity index (χ1) is 23.3. The van der Waals surface area contributed by atoms with Crippen molar-refractivity contribution >= 4 is 7.25 Å². The van der Waals surface area contributed by atoms with Crippen molar-refractivity contribution in [2.45, 2.75) is 6.92 Å². The van der Waals surface area contributed by atoms with E-state index < -0.39 is 7.25 Å². The summed E-state index contributed by atoms with van der Waals surface area (Å²) in [7, 11) is -6.00. The van der Waals surface area contributed by atoms with Crippen LogP contribution in [-0.2, 0) is 0 Å². The summed E-state index contributed by atoms with van der Waals surface area (Å²) in [6.45, 7) is 2.20. The van der Waals surface area contributed by atoms with Crippen molar-refractivity contribution in [2.75, 3.05) is 0 Å². The highest BCUT2D eigenvalue weighted by Crippen LogP contribution is 2.38. The van der Waals surface area contributed by atoms with Crippen LogP contribution in [0.5, 0.6) is 0 Å². The van der Waals surface area contributed by atoms with Crippen LogP contribution in [0.15, 0.2) is 176 Å². The summed E-state index contributed by atoms with van der Waals surface area (Å²) in [5, 5.41) is 0. The van der Waals surface area contributed by atoms with Crippen LogP contribution in [0.1, 0.15) is 5.56 Å². The highest BCUT2D eigenvalue weighted by molar-refractivity contribution is 6.50. The van der Waals surface area contributed by atoms with Crippen molar-refractivity contribution in [3.8, 4) is 61.6 Å². The summed E-state index contributed by atoms with van der Waals surface area (Å²) in [5.74, 6) is 0. The van der Waals surface area contributed by atoms with Crippen molar-refractivity contribution in [2.24, 2.45) is 0 Å². The van der Waals surface area contributed by atoms with Crippen molar-refractivity contribution < 1.29 is 21.8 Å². The number of hydrogen-bond donors (Lipinski definition) is 0. The Balaban J connectivity index is 0.000000749. The summed E-state index contributed by atoms with van der Waals surface area (Å²) in [6.07, 6.45) is 0. The van der Waals surface area contributed by atoms with Gasteiger partial charge >= 0.3 is 7.25 Å². The zero-order valence-corrected chi connectivity index (χ0v) is 26.3. The predicted octanol–water partition coefficient (Wildman–Crippen LogP) is 11.9. The van der Waals surface area contributed by atoms with Gasteiger partial charge in [-0.2, -0.15) is 4.57 Å². The molecule has 0 bridgehead atoms. The lowest BCUT2D eigenvalue weighted by atomic mass is 9.91. The molecule has 236 valence electrons. The molecule has 0 aliphatic heterocycles. The molecule has 0 amide bonds. The van der Waals surface area contributed by atoms with Gasteiger partial charge in [0.15, 0.2) is 0 Å². The standard InChI is InChI=1S/C42H32N.BF4/c1-31-27-38(33-19-9-3-10-20-33)42(39(28-31)34-21-11-4-12-22-34)43-40(35-23-13-5-14-24-35)29-37(32-17-7-2-8-18-32)30-41(43)36-25-15-6-16-26-36;2-1(3,4)5/h2-30H,1H3;/q+1;-1. The van der Waals surface area contributed by atoms with Gasteiger partial charge in [0, 0.05) is 23.3 Å². The van der Waals surface area contributed by atoms with Crippen LogP contribution in [0.25, 0.3) is 61.6 Å². The first kappa shape index (κ1) is 32.2. The SMILES string of the molecule is Cc1cc(-c2ccccc2)c(-[n+]2c(-c3ccccc3)cc(-c3ccccc3)cc2-c2ccccc2)c(-c2ccccc2)c1.F[B-](F)(F)F.